The maximum Gasteiger partial charge on any atom is 0.355 e. The standard InChI is InChI=1S/C17H19NO4/c1-11-12(2)16(18-15(11)10-21-13(3)19)17(20)22-9-14-7-5-4-6-8-14/h4-8,18H,9-10H2,1-3H3. The summed E-state index contributed by atoms with van der Waals surface area (Å²) in [5.74, 6) is -0.779. The first-order chi connectivity index (χ1) is 10.5. The topological polar surface area (TPSA) is 68.4 Å². The molecule has 0 saturated heterocycles. The van der Waals surface area contributed by atoms with E-state index in [-0.39, 0.29) is 19.2 Å². The number of H-pyrrole nitrogens is 1. The normalized spacial score (nSPS) is 10.3. The molecule has 1 heterocycles. The molecule has 1 aromatic heterocycles. The third kappa shape index (κ3) is 3.75. The summed E-state index contributed by atoms with van der Waals surface area (Å²) in [4.78, 5) is 26.1. The molecule has 1 N–H and O–H groups in total. The molecule has 1 aromatic carbocycles. The van der Waals surface area contributed by atoms with E-state index in [1.54, 1.807) is 0 Å². The molecule has 5 nitrogen and oxygen atoms in total. The van der Waals surface area contributed by atoms with Crippen molar-refractivity contribution >= 4 is 11.9 Å². The highest BCUT2D eigenvalue weighted by atomic mass is 16.5. The van der Waals surface area contributed by atoms with Crippen molar-refractivity contribution in [3.63, 3.8) is 0 Å². The average Bonchev–Trinajstić information content (AvgIpc) is 2.80. The van der Waals surface area contributed by atoms with Crippen LogP contribution in [0.25, 0.3) is 0 Å². The van der Waals surface area contributed by atoms with E-state index in [0.29, 0.717) is 11.4 Å². The quantitative estimate of drug-likeness (QED) is 0.862. The third-order valence-corrected chi connectivity index (χ3v) is 3.50. The van der Waals surface area contributed by atoms with Crippen LogP contribution in [-0.4, -0.2) is 16.9 Å². The van der Waals surface area contributed by atoms with Gasteiger partial charge in [-0.05, 0) is 30.5 Å². The zero-order valence-corrected chi connectivity index (χ0v) is 12.9. The Bertz CT molecular complexity index is 673. The van der Waals surface area contributed by atoms with Crippen molar-refractivity contribution in [3.05, 3.63) is 58.4 Å². The van der Waals surface area contributed by atoms with Crippen molar-refractivity contribution in [1.82, 2.24) is 4.98 Å². The van der Waals surface area contributed by atoms with Crippen molar-refractivity contribution in [2.45, 2.75) is 34.0 Å². The van der Waals surface area contributed by atoms with Crippen molar-refractivity contribution in [2.24, 2.45) is 0 Å². The van der Waals surface area contributed by atoms with Crippen LogP contribution in [-0.2, 0) is 27.5 Å². The first-order valence-electron chi connectivity index (χ1n) is 7.01. The van der Waals surface area contributed by atoms with Gasteiger partial charge in [0.2, 0.25) is 0 Å². The number of ether oxygens (including phenoxy) is 2. The lowest BCUT2D eigenvalue weighted by Crippen LogP contribution is -2.07. The number of rotatable bonds is 5. The zero-order chi connectivity index (χ0) is 16.1. The monoisotopic (exact) mass is 301 g/mol. The molecule has 116 valence electrons. The van der Waals surface area contributed by atoms with Gasteiger partial charge in [-0.2, -0.15) is 0 Å². The highest BCUT2D eigenvalue weighted by Gasteiger charge is 2.18. The molecule has 0 aliphatic heterocycles. The lowest BCUT2D eigenvalue weighted by Gasteiger charge is -2.04. The molecule has 5 heteroatoms. The zero-order valence-electron chi connectivity index (χ0n) is 12.9. The summed E-state index contributed by atoms with van der Waals surface area (Å²) in [7, 11) is 0. The average molecular weight is 301 g/mol. The molecule has 0 fully saturated rings. The van der Waals surface area contributed by atoms with Crippen LogP contribution < -0.4 is 0 Å². The van der Waals surface area contributed by atoms with Crippen molar-refractivity contribution < 1.29 is 19.1 Å². The Morgan fingerprint density at radius 1 is 1.00 bits per heavy atom. The molecule has 0 aliphatic carbocycles. The number of hydrogen-bond acceptors (Lipinski definition) is 4. The molecule has 22 heavy (non-hydrogen) atoms. The molecule has 0 amide bonds. The number of aromatic nitrogens is 1. The molecule has 0 bridgehead atoms. The van der Waals surface area contributed by atoms with Gasteiger partial charge in [0.05, 0.1) is 5.69 Å². The fourth-order valence-electron chi connectivity index (χ4n) is 2.07. The maximum absolute atomic E-state index is 12.2. The molecule has 0 radical (unpaired) electrons. The molecule has 0 unspecified atom stereocenters. The van der Waals surface area contributed by atoms with Crippen molar-refractivity contribution in [1.29, 1.82) is 0 Å². The Labute approximate surface area is 129 Å². The Kier molecular flexibility index (Phi) is 4.99. The van der Waals surface area contributed by atoms with Gasteiger partial charge in [-0.1, -0.05) is 30.3 Å². The van der Waals surface area contributed by atoms with Crippen LogP contribution in [0.1, 0.15) is 39.8 Å². The van der Waals surface area contributed by atoms with Crippen LogP contribution in [0.4, 0.5) is 0 Å². The van der Waals surface area contributed by atoms with E-state index in [0.717, 1.165) is 16.7 Å². The van der Waals surface area contributed by atoms with E-state index in [2.05, 4.69) is 4.98 Å². The van der Waals surface area contributed by atoms with E-state index in [1.807, 2.05) is 44.2 Å². The summed E-state index contributed by atoms with van der Waals surface area (Å²) in [6.45, 7) is 5.39. The SMILES string of the molecule is CC(=O)OCc1[nH]c(C(=O)OCc2ccccc2)c(C)c1C. The molecule has 2 aromatic rings. The third-order valence-electron chi connectivity index (χ3n) is 3.50. The van der Waals surface area contributed by atoms with E-state index in [9.17, 15) is 9.59 Å². The van der Waals surface area contributed by atoms with Crippen LogP contribution in [0.2, 0.25) is 0 Å². The largest absolute Gasteiger partial charge is 0.459 e. The number of hydrogen-bond donors (Lipinski definition) is 1. The van der Waals surface area contributed by atoms with E-state index in [4.69, 9.17) is 9.47 Å². The molecule has 0 spiro atoms. The van der Waals surface area contributed by atoms with Gasteiger partial charge in [-0.15, -0.1) is 0 Å². The van der Waals surface area contributed by atoms with Gasteiger partial charge in [-0.25, -0.2) is 4.79 Å². The molecular weight excluding hydrogens is 282 g/mol. The summed E-state index contributed by atoms with van der Waals surface area (Å²) in [5.41, 5.74) is 3.74. The van der Waals surface area contributed by atoms with Gasteiger partial charge >= 0.3 is 11.9 Å². The molecule has 0 aliphatic rings. The highest BCUT2D eigenvalue weighted by Crippen LogP contribution is 2.19. The lowest BCUT2D eigenvalue weighted by atomic mass is 10.1. The molecular formula is C17H19NO4. The van der Waals surface area contributed by atoms with Crippen molar-refractivity contribution in [2.75, 3.05) is 0 Å². The fraction of sp³-hybridized carbons (Fsp3) is 0.294. The highest BCUT2D eigenvalue weighted by molar-refractivity contribution is 5.89. The minimum Gasteiger partial charge on any atom is -0.459 e. The number of carbonyl (C=O) groups excluding carboxylic acids is 2. The predicted molar refractivity (Wildman–Crippen MR) is 81.3 cm³/mol. The van der Waals surface area contributed by atoms with E-state index < -0.39 is 5.97 Å². The second-order valence-corrected chi connectivity index (χ2v) is 5.07. The Morgan fingerprint density at radius 2 is 1.68 bits per heavy atom. The number of nitrogens with one attached hydrogen (secondary N) is 1. The van der Waals surface area contributed by atoms with Gasteiger partial charge in [0.15, 0.2) is 0 Å². The van der Waals surface area contributed by atoms with Crippen LogP contribution in [0.15, 0.2) is 30.3 Å². The Morgan fingerprint density at radius 3 is 2.32 bits per heavy atom. The summed E-state index contributed by atoms with van der Waals surface area (Å²) < 4.78 is 10.3. The first kappa shape index (κ1) is 15.8. The second kappa shape index (κ2) is 6.93. The van der Waals surface area contributed by atoms with Gasteiger partial charge in [-0.3, -0.25) is 4.79 Å². The Hall–Kier alpha value is -2.56. The summed E-state index contributed by atoms with van der Waals surface area (Å²) in [6.07, 6.45) is 0. The van der Waals surface area contributed by atoms with Gasteiger partial charge in [0.1, 0.15) is 18.9 Å². The summed E-state index contributed by atoms with van der Waals surface area (Å²) >= 11 is 0. The first-order valence-corrected chi connectivity index (χ1v) is 7.01. The van der Waals surface area contributed by atoms with Gasteiger partial charge < -0.3 is 14.5 Å². The number of esters is 2. The van der Waals surface area contributed by atoms with Crippen LogP contribution >= 0.6 is 0 Å². The van der Waals surface area contributed by atoms with Crippen molar-refractivity contribution in [3.8, 4) is 0 Å². The maximum atomic E-state index is 12.2. The van der Waals surface area contributed by atoms with E-state index in [1.165, 1.54) is 6.92 Å². The van der Waals surface area contributed by atoms with Gasteiger partial charge in [0.25, 0.3) is 0 Å². The number of benzene rings is 1. The second-order valence-electron chi connectivity index (χ2n) is 5.07. The number of carbonyl (C=O) groups is 2. The Balaban J connectivity index is 2.06. The van der Waals surface area contributed by atoms with Crippen LogP contribution in [0.3, 0.4) is 0 Å². The minimum atomic E-state index is -0.418. The summed E-state index contributed by atoms with van der Waals surface area (Å²) in [6, 6.07) is 9.48. The van der Waals surface area contributed by atoms with E-state index >= 15 is 0 Å². The lowest BCUT2D eigenvalue weighted by molar-refractivity contribution is -0.142. The summed E-state index contributed by atoms with van der Waals surface area (Å²) in [5, 5.41) is 0. The van der Waals surface area contributed by atoms with Gasteiger partial charge in [0, 0.05) is 6.92 Å². The molecule has 0 saturated carbocycles. The number of aromatic amines is 1. The minimum absolute atomic E-state index is 0.119. The fourth-order valence-corrected chi connectivity index (χ4v) is 2.07. The van der Waals surface area contributed by atoms with Crippen LogP contribution in [0, 0.1) is 13.8 Å². The molecule has 2 rings (SSSR count). The van der Waals surface area contributed by atoms with Crippen LogP contribution in [0.5, 0.6) is 0 Å². The smallest absolute Gasteiger partial charge is 0.355 e. The predicted octanol–water partition coefficient (Wildman–Crippen LogP) is 3.05. The molecule has 0 atom stereocenters.